The maximum Gasteiger partial charge on any atom is 0.275 e. The molecule has 0 aliphatic carbocycles. The lowest BCUT2D eigenvalue weighted by Gasteiger charge is -2.23. The fraction of sp³-hybridized carbons (Fsp3) is 0.357. The topological polar surface area (TPSA) is 68.5 Å². The van der Waals surface area contributed by atoms with Crippen molar-refractivity contribution >= 4 is 33.4 Å². The SMILES string of the molecule is CCN(CCCNC(=O)c1cn(CCOC)c(=O)c2c1c1ccccc1n2C)c1cccc(C)c1. The quantitative estimate of drug-likeness (QED) is 0.352. The number of anilines is 1. The van der Waals surface area contributed by atoms with Crippen molar-refractivity contribution < 1.29 is 9.53 Å². The molecule has 4 rings (SSSR count). The average molecular weight is 475 g/mol. The highest BCUT2D eigenvalue weighted by Gasteiger charge is 2.21. The van der Waals surface area contributed by atoms with Crippen LogP contribution in [0.25, 0.3) is 21.8 Å². The highest BCUT2D eigenvalue weighted by molar-refractivity contribution is 6.17. The molecule has 0 aliphatic heterocycles. The molecule has 2 aromatic carbocycles. The molecule has 7 heteroatoms. The molecule has 0 fully saturated rings. The van der Waals surface area contributed by atoms with E-state index in [1.165, 1.54) is 11.3 Å². The Hall–Kier alpha value is -3.58. The lowest BCUT2D eigenvalue weighted by Crippen LogP contribution is -2.31. The Morgan fingerprint density at radius 3 is 2.69 bits per heavy atom. The highest BCUT2D eigenvalue weighted by Crippen LogP contribution is 2.29. The van der Waals surface area contributed by atoms with Gasteiger partial charge in [-0.2, -0.15) is 0 Å². The van der Waals surface area contributed by atoms with Crippen LogP contribution in [0.5, 0.6) is 0 Å². The van der Waals surface area contributed by atoms with Crippen molar-refractivity contribution in [2.75, 3.05) is 38.3 Å². The summed E-state index contributed by atoms with van der Waals surface area (Å²) in [6, 6.07) is 16.3. The summed E-state index contributed by atoms with van der Waals surface area (Å²) in [6.07, 6.45) is 2.49. The number of fused-ring (bicyclic) bond motifs is 3. The molecule has 1 amide bonds. The Balaban J connectivity index is 1.58. The molecule has 0 saturated heterocycles. The molecule has 2 aromatic heterocycles. The largest absolute Gasteiger partial charge is 0.383 e. The van der Waals surface area contributed by atoms with Gasteiger partial charge < -0.3 is 24.1 Å². The molecule has 0 radical (unpaired) electrons. The van der Waals surface area contributed by atoms with E-state index in [-0.39, 0.29) is 11.5 Å². The molecule has 0 bridgehead atoms. The number of ether oxygens (including phenoxy) is 1. The third-order valence-corrected chi connectivity index (χ3v) is 6.54. The molecule has 0 spiro atoms. The number of benzene rings is 2. The van der Waals surface area contributed by atoms with Crippen molar-refractivity contribution in [2.24, 2.45) is 7.05 Å². The monoisotopic (exact) mass is 474 g/mol. The fourth-order valence-corrected chi connectivity index (χ4v) is 4.72. The molecule has 4 aromatic rings. The number of hydrogen-bond donors (Lipinski definition) is 1. The Morgan fingerprint density at radius 1 is 1.14 bits per heavy atom. The Labute approximate surface area is 205 Å². The number of nitrogens with zero attached hydrogens (tertiary/aromatic N) is 3. The summed E-state index contributed by atoms with van der Waals surface area (Å²) in [6.45, 7) is 7.30. The minimum Gasteiger partial charge on any atom is -0.383 e. The standard InChI is InChI=1S/C28H34N4O3/c1-5-31(21-11-8-10-20(2)18-21)15-9-14-29-27(33)23-19-32(16-17-35-4)28(34)26-25(23)22-12-6-7-13-24(22)30(26)3/h6-8,10-13,18-19H,5,9,14-17H2,1-4H3,(H,29,33). The predicted molar refractivity (Wildman–Crippen MR) is 143 cm³/mol. The molecule has 2 heterocycles. The van der Waals surface area contributed by atoms with Crippen LogP contribution in [-0.4, -0.2) is 48.4 Å². The average Bonchev–Trinajstić information content (AvgIpc) is 3.16. The van der Waals surface area contributed by atoms with Crippen LogP contribution < -0.4 is 15.8 Å². The lowest BCUT2D eigenvalue weighted by atomic mass is 10.1. The number of para-hydroxylation sites is 1. The Bertz CT molecular complexity index is 1400. The van der Waals surface area contributed by atoms with Crippen LogP contribution >= 0.6 is 0 Å². The molecule has 0 unspecified atom stereocenters. The second kappa shape index (κ2) is 10.8. The second-order valence-corrected chi connectivity index (χ2v) is 8.86. The molecule has 35 heavy (non-hydrogen) atoms. The molecular formula is C28H34N4O3. The second-order valence-electron chi connectivity index (χ2n) is 8.86. The van der Waals surface area contributed by atoms with Gasteiger partial charge in [0.25, 0.3) is 11.5 Å². The van der Waals surface area contributed by atoms with Crippen LogP contribution in [0.15, 0.2) is 59.5 Å². The predicted octanol–water partition coefficient (Wildman–Crippen LogP) is 4.09. The number of nitrogens with one attached hydrogen (secondary N) is 1. The van der Waals surface area contributed by atoms with Gasteiger partial charge in [0.2, 0.25) is 0 Å². The van der Waals surface area contributed by atoms with Crippen LogP contribution in [0.3, 0.4) is 0 Å². The van der Waals surface area contributed by atoms with Crippen LogP contribution in [-0.2, 0) is 18.3 Å². The van der Waals surface area contributed by atoms with Crippen molar-refractivity contribution in [3.05, 3.63) is 76.2 Å². The lowest BCUT2D eigenvalue weighted by molar-refractivity contribution is 0.0954. The van der Waals surface area contributed by atoms with E-state index in [4.69, 9.17) is 4.74 Å². The van der Waals surface area contributed by atoms with E-state index in [1.54, 1.807) is 17.9 Å². The van der Waals surface area contributed by atoms with Crippen LogP contribution in [0.1, 0.15) is 29.3 Å². The number of methoxy groups -OCH3 is 1. The van der Waals surface area contributed by atoms with Gasteiger partial charge in [0, 0.05) is 68.5 Å². The number of pyridine rings is 1. The molecule has 1 N–H and O–H groups in total. The van der Waals surface area contributed by atoms with Gasteiger partial charge in [-0.05, 0) is 44.0 Å². The first-order chi connectivity index (χ1) is 17.0. The number of aromatic nitrogens is 2. The normalized spacial score (nSPS) is 11.3. The number of carbonyl (C=O) groups is 1. The minimum atomic E-state index is -0.170. The first-order valence-electron chi connectivity index (χ1n) is 12.2. The van der Waals surface area contributed by atoms with E-state index >= 15 is 0 Å². The summed E-state index contributed by atoms with van der Waals surface area (Å²) < 4.78 is 8.65. The van der Waals surface area contributed by atoms with Gasteiger partial charge in [-0.1, -0.05) is 30.3 Å². The summed E-state index contributed by atoms with van der Waals surface area (Å²) in [5, 5.41) is 4.70. The van der Waals surface area contributed by atoms with Gasteiger partial charge in [-0.15, -0.1) is 0 Å². The van der Waals surface area contributed by atoms with Gasteiger partial charge in [-0.3, -0.25) is 9.59 Å². The molecule has 0 atom stereocenters. The maximum atomic E-state index is 13.4. The van der Waals surface area contributed by atoms with Crippen molar-refractivity contribution in [3.8, 4) is 0 Å². The molecule has 0 aliphatic rings. The van der Waals surface area contributed by atoms with Crippen molar-refractivity contribution in [2.45, 2.75) is 26.8 Å². The zero-order chi connectivity index (χ0) is 24.9. The van der Waals surface area contributed by atoms with Crippen molar-refractivity contribution in [3.63, 3.8) is 0 Å². The Morgan fingerprint density at radius 2 is 1.94 bits per heavy atom. The van der Waals surface area contributed by atoms with Gasteiger partial charge in [0.05, 0.1) is 12.2 Å². The minimum absolute atomic E-state index is 0.121. The number of rotatable bonds is 10. The molecular weight excluding hydrogens is 440 g/mol. The third-order valence-electron chi connectivity index (χ3n) is 6.54. The van der Waals surface area contributed by atoms with E-state index in [2.05, 4.69) is 48.3 Å². The van der Waals surface area contributed by atoms with E-state index in [1.807, 2.05) is 35.9 Å². The van der Waals surface area contributed by atoms with E-state index < -0.39 is 0 Å². The van der Waals surface area contributed by atoms with Crippen LogP contribution in [0.2, 0.25) is 0 Å². The van der Waals surface area contributed by atoms with Crippen LogP contribution in [0.4, 0.5) is 5.69 Å². The van der Waals surface area contributed by atoms with Gasteiger partial charge in [0.1, 0.15) is 5.52 Å². The molecule has 0 saturated carbocycles. The Kier molecular flexibility index (Phi) is 7.56. The van der Waals surface area contributed by atoms with E-state index in [9.17, 15) is 9.59 Å². The summed E-state index contributed by atoms with van der Waals surface area (Å²) in [5.41, 5.74) is 4.28. The number of aryl methyl sites for hydroxylation is 2. The number of carbonyl (C=O) groups excluding carboxylic acids is 1. The molecule has 7 nitrogen and oxygen atoms in total. The highest BCUT2D eigenvalue weighted by atomic mass is 16.5. The first kappa shape index (κ1) is 24.5. The first-order valence-corrected chi connectivity index (χ1v) is 12.2. The number of amides is 1. The maximum absolute atomic E-state index is 13.4. The summed E-state index contributed by atoms with van der Waals surface area (Å²) in [5.74, 6) is -0.170. The van der Waals surface area contributed by atoms with E-state index in [0.717, 1.165) is 30.4 Å². The smallest absolute Gasteiger partial charge is 0.275 e. The van der Waals surface area contributed by atoms with Gasteiger partial charge >= 0.3 is 0 Å². The van der Waals surface area contributed by atoms with Gasteiger partial charge in [0.15, 0.2) is 0 Å². The third kappa shape index (κ3) is 4.95. The van der Waals surface area contributed by atoms with E-state index in [0.29, 0.717) is 36.2 Å². The summed E-state index contributed by atoms with van der Waals surface area (Å²) in [4.78, 5) is 29.0. The van der Waals surface area contributed by atoms with Crippen LogP contribution in [0, 0.1) is 6.92 Å². The van der Waals surface area contributed by atoms with Gasteiger partial charge in [-0.25, -0.2) is 0 Å². The molecule has 184 valence electrons. The summed E-state index contributed by atoms with van der Waals surface area (Å²) >= 11 is 0. The zero-order valence-corrected chi connectivity index (χ0v) is 21.0. The fourth-order valence-electron chi connectivity index (χ4n) is 4.72. The van der Waals surface area contributed by atoms with Crippen molar-refractivity contribution in [1.29, 1.82) is 0 Å². The summed E-state index contributed by atoms with van der Waals surface area (Å²) in [7, 11) is 3.48. The van der Waals surface area contributed by atoms with Crippen molar-refractivity contribution in [1.82, 2.24) is 14.5 Å². The zero-order valence-electron chi connectivity index (χ0n) is 21.0. The number of hydrogen-bond acceptors (Lipinski definition) is 4.